The summed E-state index contributed by atoms with van der Waals surface area (Å²) in [6.07, 6.45) is 0.739. The molecule has 0 aromatic heterocycles. The highest BCUT2D eigenvalue weighted by Crippen LogP contribution is 2.11. The lowest BCUT2D eigenvalue weighted by molar-refractivity contribution is 0.133. The molecule has 2 aromatic rings. The molecule has 0 radical (unpaired) electrons. The Morgan fingerprint density at radius 3 is 2.58 bits per heavy atom. The lowest BCUT2D eigenvalue weighted by Gasteiger charge is -2.12. The standard InChI is InChI=1S/C21H28FN3O/c1-3-23-21(24-13-12-17-8-7-11-20(22)14-17)25-15-18-9-5-6-10-19(18)16-26-4-2/h5-11,14H,3-4,12-13,15-16H2,1-2H3,(H2,23,24,25). The van der Waals surface area contributed by atoms with Crippen LogP contribution in [0.25, 0.3) is 0 Å². The second kappa shape index (κ2) is 11.3. The summed E-state index contributed by atoms with van der Waals surface area (Å²) < 4.78 is 18.8. The molecule has 4 nitrogen and oxygen atoms in total. The molecule has 2 aromatic carbocycles. The SMILES string of the molecule is CCNC(=NCc1ccccc1COCC)NCCc1cccc(F)c1. The van der Waals surface area contributed by atoms with Gasteiger partial charge in [-0.3, -0.25) is 0 Å². The smallest absolute Gasteiger partial charge is 0.191 e. The van der Waals surface area contributed by atoms with Crippen LogP contribution in [-0.4, -0.2) is 25.7 Å². The number of guanidine groups is 1. The second-order valence-corrected chi connectivity index (χ2v) is 5.91. The molecule has 2 N–H and O–H groups in total. The number of halogens is 1. The number of hydrogen-bond donors (Lipinski definition) is 2. The van der Waals surface area contributed by atoms with Crippen molar-refractivity contribution < 1.29 is 9.13 Å². The molecule has 0 heterocycles. The van der Waals surface area contributed by atoms with E-state index < -0.39 is 0 Å². The fourth-order valence-corrected chi connectivity index (χ4v) is 2.59. The Kier molecular flexibility index (Phi) is 8.63. The van der Waals surface area contributed by atoms with Gasteiger partial charge in [0.25, 0.3) is 0 Å². The van der Waals surface area contributed by atoms with Gasteiger partial charge in [0.1, 0.15) is 5.82 Å². The van der Waals surface area contributed by atoms with Crippen molar-refractivity contribution in [3.8, 4) is 0 Å². The number of hydrogen-bond acceptors (Lipinski definition) is 2. The van der Waals surface area contributed by atoms with Crippen molar-refractivity contribution in [3.05, 3.63) is 71.0 Å². The maximum atomic E-state index is 13.2. The highest BCUT2D eigenvalue weighted by molar-refractivity contribution is 5.79. The first-order chi connectivity index (χ1) is 12.7. The highest BCUT2D eigenvalue weighted by Gasteiger charge is 2.03. The number of nitrogens with one attached hydrogen (secondary N) is 2. The fraction of sp³-hybridized carbons (Fsp3) is 0.381. The third-order valence-corrected chi connectivity index (χ3v) is 3.93. The van der Waals surface area contributed by atoms with Gasteiger partial charge >= 0.3 is 0 Å². The van der Waals surface area contributed by atoms with Crippen LogP contribution in [0.3, 0.4) is 0 Å². The van der Waals surface area contributed by atoms with E-state index in [0.717, 1.165) is 35.6 Å². The minimum Gasteiger partial charge on any atom is -0.377 e. The van der Waals surface area contributed by atoms with E-state index in [4.69, 9.17) is 4.74 Å². The molecule has 0 unspecified atom stereocenters. The van der Waals surface area contributed by atoms with Crippen LogP contribution in [0.1, 0.15) is 30.5 Å². The van der Waals surface area contributed by atoms with Crippen LogP contribution in [-0.2, 0) is 24.3 Å². The number of nitrogens with zero attached hydrogens (tertiary/aromatic N) is 1. The third kappa shape index (κ3) is 6.84. The maximum absolute atomic E-state index is 13.2. The van der Waals surface area contributed by atoms with Crippen molar-refractivity contribution in [2.75, 3.05) is 19.7 Å². The van der Waals surface area contributed by atoms with E-state index in [2.05, 4.69) is 27.8 Å². The van der Waals surface area contributed by atoms with Gasteiger partial charge in [-0.1, -0.05) is 36.4 Å². The summed E-state index contributed by atoms with van der Waals surface area (Å²) >= 11 is 0. The molecule has 0 aliphatic carbocycles. The van der Waals surface area contributed by atoms with Gasteiger partial charge in [-0.15, -0.1) is 0 Å². The van der Waals surface area contributed by atoms with Gasteiger partial charge in [0.15, 0.2) is 5.96 Å². The molecule has 26 heavy (non-hydrogen) atoms. The molecule has 0 bridgehead atoms. The van der Waals surface area contributed by atoms with E-state index in [1.54, 1.807) is 12.1 Å². The Morgan fingerprint density at radius 1 is 1.04 bits per heavy atom. The van der Waals surface area contributed by atoms with Crippen LogP contribution in [0.15, 0.2) is 53.5 Å². The summed E-state index contributed by atoms with van der Waals surface area (Å²) in [6, 6.07) is 14.9. The zero-order valence-electron chi connectivity index (χ0n) is 15.6. The van der Waals surface area contributed by atoms with Crippen molar-refractivity contribution in [3.63, 3.8) is 0 Å². The van der Waals surface area contributed by atoms with Crippen molar-refractivity contribution >= 4 is 5.96 Å². The summed E-state index contributed by atoms with van der Waals surface area (Å²) in [4.78, 5) is 4.67. The van der Waals surface area contributed by atoms with Crippen LogP contribution in [0.4, 0.5) is 4.39 Å². The van der Waals surface area contributed by atoms with Crippen LogP contribution >= 0.6 is 0 Å². The summed E-state index contributed by atoms with van der Waals surface area (Å²) in [5, 5.41) is 6.55. The lowest BCUT2D eigenvalue weighted by Crippen LogP contribution is -2.38. The van der Waals surface area contributed by atoms with Crippen molar-refractivity contribution in [1.82, 2.24) is 10.6 Å². The zero-order chi connectivity index (χ0) is 18.6. The van der Waals surface area contributed by atoms with Gasteiger partial charge in [0.05, 0.1) is 13.2 Å². The molecule has 140 valence electrons. The van der Waals surface area contributed by atoms with Crippen LogP contribution in [0.5, 0.6) is 0 Å². The summed E-state index contributed by atoms with van der Waals surface area (Å²) in [5.74, 6) is 0.559. The third-order valence-electron chi connectivity index (χ3n) is 3.93. The predicted octanol–water partition coefficient (Wildman–Crippen LogP) is 3.66. The first kappa shape index (κ1) is 19.9. The molecular weight excluding hydrogens is 329 g/mol. The Morgan fingerprint density at radius 2 is 1.85 bits per heavy atom. The summed E-state index contributed by atoms with van der Waals surface area (Å²) in [7, 11) is 0. The van der Waals surface area contributed by atoms with Gasteiger partial charge < -0.3 is 15.4 Å². The van der Waals surface area contributed by atoms with Crippen molar-refractivity contribution in [2.24, 2.45) is 4.99 Å². The molecule has 0 amide bonds. The quantitative estimate of drug-likeness (QED) is 0.532. The van der Waals surface area contributed by atoms with Crippen LogP contribution < -0.4 is 10.6 Å². The number of rotatable bonds is 9. The molecule has 0 atom stereocenters. The van der Waals surface area contributed by atoms with Crippen LogP contribution in [0, 0.1) is 5.82 Å². The van der Waals surface area contributed by atoms with E-state index in [0.29, 0.717) is 26.3 Å². The lowest BCUT2D eigenvalue weighted by atomic mass is 10.1. The van der Waals surface area contributed by atoms with Gasteiger partial charge in [-0.25, -0.2) is 9.38 Å². The van der Waals surface area contributed by atoms with E-state index in [9.17, 15) is 4.39 Å². The molecule has 0 fully saturated rings. The highest BCUT2D eigenvalue weighted by atomic mass is 19.1. The Labute approximate surface area is 155 Å². The van der Waals surface area contributed by atoms with Gasteiger partial charge in [-0.05, 0) is 49.1 Å². The topological polar surface area (TPSA) is 45.7 Å². The largest absolute Gasteiger partial charge is 0.377 e. The number of aliphatic imine (C=N–C) groups is 1. The Balaban J connectivity index is 1.94. The van der Waals surface area contributed by atoms with Gasteiger partial charge in [0, 0.05) is 19.7 Å². The molecule has 0 saturated heterocycles. The average molecular weight is 357 g/mol. The first-order valence-electron chi connectivity index (χ1n) is 9.14. The zero-order valence-corrected chi connectivity index (χ0v) is 15.6. The van der Waals surface area contributed by atoms with E-state index in [1.165, 1.54) is 6.07 Å². The molecule has 0 spiro atoms. The van der Waals surface area contributed by atoms with Crippen LogP contribution in [0.2, 0.25) is 0 Å². The Hall–Kier alpha value is -2.40. The number of ether oxygens (including phenoxy) is 1. The monoisotopic (exact) mass is 357 g/mol. The molecule has 0 saturated carbocycles. The molecule has 0 aliphatic heterocycles. The molecule has 0 aliphatic rings. The first-order valence-corrected chi connectivity index (χ1v) is 9.14. The second-order valence-electron chi connectivity index (χ2n) is 5.91. The fourth-order valence-electron chi connectivity index (χ4n) is 2.59. The van der Waals surface area contributed by atoms with Gasteiger partial charge in [0.2, 0.25) is 0 Å². The normalized spacial score (nSPS) is 11.4. The maximum Gasteiger partial charge on any atom is 0.191 e. The van der Waals surface area contributed by atoms with Crippen molar-refractivity contribution in [1.29, 1.82) is 0 Å². The van der Waals surface area contributed by atoms with Crippen molar-refractivity contribution in [2.45, 2.75) is 33.4 Å². The van der Waals surface area contributed by atoms with E-state index in [-0.39, 0.29) is 5.82 Å². The van der Waals surface area contributed by atoms with E-state index in [1.807, 2.05) is 32.0 Å². The van der Waals surface area contributed by atoms with E-state index >= 15 is 0 Å². The average Bonchev–Trinajstić information content (AvgIpc) is 2.65. The minimum atomic E-state index is -0.200. The molecular formula is C21H28FN3O. The molecule has 5 heteroatoms. The summed E-state index contributed by atoms with van der Waals surface area (Å²) in [6.45, 7) is 7.38. The Bertz CT molecular complexity index is 703. The van der Waals surface area contributed by atoms with Gasteiger partial charge in [-0.2, -0.15) is 0 Å². The molecule has 2 rings (SSSR count). The number of benzene rings is 2. The summed E-state index contributed by atoms with van der Waals surface area (Å²) in [5.41, 5.74) is 3.28. The minimum absolute atomic E-state index is 0.200. The predicted molar refractivity (Wildman–Crippen MR) is 105 cm³/mol.